The molecule has 3 aromatic rings. The minimum Gasteiger partial charge on any atom is -0.457 e. The van der Waals surface area contributed by atoms with Crippen molar-refractivity contribution in [3.05, 3.63) is 89.5 Å². The number of benzene rings is 3. The largest absolute Gasteiger partial charge is 0.457 e. The van der Waals surface area contributed by atoms with Crippen molar-refractivity contribution in [3.63, 3.8) is 0 Å². The van der Waals surface area contributed by atoms with Crippen molar-refractivity contribution >= 4 is 35.2 Å². The number of rotatable bonds is 7. The Kier molecular flexibility index (Phi) is 7.29. The number of alkyl carbamates (subject to hydrolysis) is 1. The van der Waals surface area contributed by atoms with E-state index in [0.29, 0.717) is 17.1 Å². The predicted octanol–water partition coefficient (Wildman–Crippen LogP) is 4.89. The molecule has 4 rings (SSSR count). The van der Waals surface area contributed by atoms with Gasteiger partial charge in [0.05, 0.1) is 0 Å². The molecule has 0 radical (unpaired) electrons. The molecule has 1 heterocycles. The smallest absolute Gasteiger partial charge is 0.408 e. The predicted molar refractivity (Wildman–Crippen MR) is 142 cm³/mol. The monoisotopic (exact) mass is 499 g/mol. The van der Waals surface area contributed by atoms with Gasteiger partial charge in [-0.05, 0) is 68.3 Å². The van der Waals surface area contributed by atoms with E-state index in [2.05, 4.69) is 10.6 Å². The van der Waals surface area contributed by atoms with E-state index >= 15 is 0 Å². The number of nitrogens with one attached hydrogen (secondary N) is 2. The summed E-state index contributed by atoms with van der Waals surface area (Å²) in [6.07, 6.45) is 1.36. The number of anilines is 1. The number of amides is 3. The highest BCUT2D eigenvalue weighted by atomic mass is 16.6. The van der Waals surface area contributed by atoms with Crippen LogP contribution in [0.5, 0.6) is 11.5 Å². The maximum Gasteiger partial charge on any atom is 0.408 e. The average molecular weight is 500 g/mol. The van der Waals surface area contributed by atoms with Crippen LogP contribution in [0.4, 0.5) is 10.5 Å². The van der Waals surface area contributed by atoms with Gasteiger partial charge >= 0.3 is 6.09 Å². The molecule has 0 saturated carbocycles. The van der Waals surface area contributed by atoms with Crippen molar-refractivity contribution < 1.29 is 23.9 Å². The molecule has 37 heavy (non-hydrogen) atoms. The summed E-state index contributed by atoms with van der Waals surface area (Å²) < 4.78 is 11.1. The summed E-state index contributed by atoms with van der Waals surface area (Å²) in [5, 5.41) is 5.39. The van der Waals surface area contributed by atoms with E-state index in [1.54, 1.807) is 45.0 Å². The third kappa shape index (κ3) is 6.76. The topological polar surface area (TPSA) is 120 Å². The number of ether oxygens (including phenoxy) is 2. The Bertz CT molecular complexity index is 1340. The number of hydrogen-bond acceptors (Lipinski definition) is 5. The van der Waals surface area contributed by atoms with Gasteiger partial charge in [0.1, 0.15) is 23.1 Å². The summed E-state index contributed by atoms with van der Waals surface area (Å²) in [5.74, 6) is 0.462. The van der Waals surface area contributed by atoms with Gasteiger partial charge in [0.25, 0.3) is 5.91 Å². The summed E-state index contributed by atoms with van der Waals surface area (Å²) >= 11 is 0. The Morgan fingerprint density at radius 3 is 2.22 bits per heavy atom. The van der Waals surface area contributed by atoms with E-state index in [9.17, 15) is 14.4 Å². The molecule has 3 amide bonds. The minimum absolute atomic E-state index is 0.124. The molecule has 0 saturated heterocycles. The molecule has 1 aliphatic rings. The van der Waals surface area contributed by atoms with Crippen LogP contribution >= 0.6 is 0 Å². The second kappa shape index (κ2) is 10.6. The Balaban J connectivity index is 1.38. The van der Waals surface area contributed by atoms with Crippen molar-refractivity contribution in [2.75, 3.05) is 5.32 Å². The maximum atomic E-state index is 12.3. The summed E-state index contributed by atoms with van der Waals surface area (Å²) in [6, 6.07) is 21.2. The molecule has 8 heteroatoms. The van der Waals surface area contributed by atoms with E-state index in [0.717, 1.165) is 22.4 Å². The summed E-state index contributed by atoms with van der Waals surface area (Å²) in [6.45, 7) is 5.22. The number of para-hydroxylation sites is 1. The van der Waals surface area contributed by atoms with Crippen molar-refractivity contribution in [2.24, 2.45) is 5.73 Å². The van der Waals surface area contributed by atoms with Crippen molar-refractivity contribution in [1.82, 2.24) is 5.32 Å². The zero-order chi connectivity index (χ0) is 26.6. The number of carbonyl (C=O) groups excluding carboxylic acids is 3. The number of nitrogens with two attached hydrogens (primary N) is 1. The number of carbonyl (C=O) groups is 3. The van der Waals surface area contributed by atoms with Gasteiger partial charge in [0.15, 0.2) is 0 Å². The van der Waals surface area contributed by atoms with Crippen LogP contribution in [0.15, 0.2) is 72.8 Å². The molecular weight excluding hydrogens is 470 g/mol. The van der Waals surface area contributed by atoms with Crippen LogP contribution in [0.3, 0.4) is 0 Å². The second-order valence-corrected chi connectivity index (χ2v) is 9.68. The minimum atomic E-state index is -0.905. The van der Waals surface area contributed by atoms with E-state index in [4.69, 9.17) is 15.2 Å². The fourth-order valence-electron chi connectivity index (χ4n) is 3.82. The highest BCUT2D eigenvalue weighted by Crippen LogP contribution is 2.33. The van der Waals surface area contributed by atoms with Gasteiger partial charge in [0.2, 0.25) is 5.91 Å². The molecule has 1 atom stereocenters. The van der Waals surface area contributed by atoms with Gasteiger partial charge in [-0.25, -0.2) is 4.79 Å². The number of hydrogen-bond donors (Lipinski definition) is 3. The first-order valence-electron chi connectivity index (χ1n) is 11.9. The van der Waals surface area contributed by atoms with E-state index < -0.39 is 23.6 Å². The molecular formula is C29H29N3O5. The van der Waals surface area contributed by atoms with Gasteiger partial charge in [-0.2, -0.15) is 0 Å². The Morgan fingerprint density at radius 2 is 1.59 bits per heavy atom. The number of primary amides is 1. The Morgan fingerprint density at radius 1 is 0.973 bits per heavy atom. The Labute approximate surface area is 215 Å². The van der Waals surface area contributed by atoms with Gasteiger partial charge in [-0.1, -0.05) is 42.5 Å². The normalized spacial score (nSPS) is 14.5. The standard InChI is InChI=1S/C29H29N3O5/c1-29(2,3)37-28(35)32-25(26(30)33)17-19-10-14-21(15-11-19)36-20-12-8-18(9-13-20)16-23-22-6-4-5-7-24(22)31-27(23)34/h4-16,25H,17H2,1-3H3,(H2,30,33)(H,31,34)(H,32,35)/t25-/m0/s1. The first kappa shape index (κ1) is 25.5. The SMILES string of the molecule is CC(C)(C)OC(=O)N[C@@H](Cc1ccc(Oc2ccc(C=C3C(=O)Nc4ccccc43)cc2)cc1)C(N)=O. The van der Waals surface area contributed by atoms with Crippen LogP contribution in [0.25, 0.3) is 11.6 Å². The lowest BCUT2D eigenvalue weighted by molar-refractivity contribution is -0.120. The van der Waals surface area contributed by atoms with Crippen LogP contribution in [0.2, 0.25) is 0 Å². The third-order valence-electron chi connectivity index (χ3n) is 5.53. The lowest BCUT2D eigenvalue weighted by atomic mass is 10.0. The van der Waals surface area contributed by atoms with E-state index in [1.165, 1.54) is 0 Å². The van der Waals surface area contributed by atoms with Crippen LogP contribution < -0.4 is 21.1 Å². The summed E-state index contributed by atoms with van der Waals surface area (Å²) in [7, 11) is 0. The molecule has 4 N–H and O–H groups in total. The molecule has 1 aliphatic heterocycles. The fourth-order valence-corrected chi connectivity index (χ4v) is 3.82. The van der Waals surface area contributed by atoms with Crippen LogP contribution in [-0.4, -0.2) is 29.6 Å². The maximum absolute atomic E-state index is 12.3. The van der Waals surface area contributed by atoms with Gasteiger partial charge in [0, 0.05) is 23.2 Å². The lowest BCUT2D eigenvalue weighted by Crippen LogP contribution is -2.47. The number of fused-ring (bicyclic) bond motifs is 1. The zero-order valence-electron chi connectivity index (χ0n) is 20.9. The lowest BCUT2D eigenvalue weighted by Gasteiger charge is -2.22. The van der Waals surface area contributed by atoms with Crippen LogP contribution in [-0.2, 0) is 20.7 Å². The highest BCUT2D eigenvalue weighted by Gasteiger charge is 2.24. The molecule has 0 aromatic heterocycles. The van der Waals surface area contributed by atoms with Crippen molar-refractivity contribution in [3.8, 4) is 11.5 Å². The van der Waals surface area contributed by atoms with Gasteiger partial charge < -0.3 is 25.8 Å². The first-order chi connectivity index (χ1) is 17.6. The quantitative estimate of drug-likeness (QED) is 0.400. The summed E-state index contributed by atoms with van der Waals surface area (Å²) in [5.41, 5.74) is 8.76. The van der Waals surface area contributed by atoms with E-state index in [-0.39, 0.29) is 12.3 Å². The van der Waals surface area contributed by atoms with Gasteiger partial charge in [-0.15, -0.1) is 0 Å². The van der Waals surface area contributed by atoms with Crippen LogP contribution in [0.1, 0.15) is 37.5 Å². The molecule has 190 valence electrons. The van der Waals surface area contributed by atoms with Gasteiger partial charge in [-0.3, -0.25) is 9.59 Å². The highest BCUT2D eigenvalue weighted by molar-refractivity contribution is 6.34. The van der Waals surface area contributed by atoms with Crippen LogP contribution in [0, 0.1) is 0 Å². The molecule has 0 spiro atoms. The summed E-state index contributed by atoms with van der Waals surface area (Å²) in [4.78, 5) is 36.2. The van der Waals surface area contributed by atoms with Crippen molar-refractivity contribution in [1.29, 1.82) is 0 Å². The molecule has 0 fully saturated rings. The van der Waals surface area contributed by atoms with E-state index in [1.807, 2.05) is 54.6 Å². The fraction of sp³-hybridized carbons (Fsp3) is 0.207. The molecule has 0 unspecified atom stereocenters. The molecule has 0 aliphatic carbocycles. The zero-order valence-corrected chi connectivity index (χ0v) is 20.9. The molecule has 0 bridgehead atoms. The second-order valence-electron chi connectivity index (χ2n) is 9.68. The molecule has 8 nitrogen and oxygen atoms in total. The average Bonchev–Trinajstić information content (AvgIpc) is 3.14. The molecule has 3 aromatic carbocycles. The van der Waals surface area contributed by atoms with Crippen molar-refractivity contribution in [2.45, 2.75) is 38.8 Å². The third-order valence-corrected chi connectivity index (χ3v) is 5.53. The Hall–Kier alpha value is -4.59. The first-order valence-corrected chi connectivity index (χ1v) is 11.9.